The third-order valence-corrected chi connectivity index (χ3v) is 5.97. The number of fused-ring (bicyclic) bond motifs is 1. The zero-order valence-corrected chi connectivity index (χ0v) is 16.4. The summed E-state index contributed by atoms with van der Waals surface area (Å²) in [5.74, 6) is 0.516. The van der Waals surface area contributed by atoms with E-state index in [1.165, 1.54) is 0 Å². The van der Waals surface area contributed by atoms with Crippen LogP contribution >= 0.6 is 11.3 Å². The Labute approximate surface area is 170 Å². The number of aliphatic hydroxyl groups is 1. The molecule has 0 aliphatic carbocycles. The highest BCUT2D eigenvalue weighted by molar-refractivity contribution is 7.15. The van der Waals surface area contributed by atoms with Crippen molar-refractivity contribution in [3.63, 3.8) is 0 Å². The van der Waals surface area contributed by atoms with E-state index in [2.05, 4.69) is 26.3 Å². The van der Waals surface area contributed by atoms with Gasteiger partial charge in [-0.25, -0.2) is 9.97 Å². The van der Waals surface area contributed by atoms with E-state index in [1.807, 2.05) is 54.2 Å². The first-order valence-corrected chi connectivity index (χ1v) is 9.94. The van der Waals surface area contributed by atoms with Gasteiger partial charge in [0.1, 0.15) is 5.65 Å². The molecule has 0 spiro atoms. The monoisotopic (exact) mass is 402 g/mol. The molecule has 144 valence electrons. The Kier molecular flexibility index (Phi) is 4.34. The van der Waals surface area contributed by atoms with Crippen LogP contribution in [0.1, 0.15) is 10.4 Å². The van der Waals surface area contributed by atoms with E-state index in [0.29, 0.717) is 5.95 Å². The van der Waals surface area contributed by atoms with E-state index >= 15 is 0 Å². The Balaban J connectivity index is 1.50. The average molecular weight is 402 g/mol. The van der Waals surface area contributed by atoms with Crippen molar-refractivity contribution in [1.82, 2.24) is 24.5 Å². The highest BCUT2D eigenvalue weighted by Gasteiger charge is 2.15. The lowest BCUT2D eigenvalue weighted by Crippen LogP contribution is -1.99. The fourth-order valence-corrected chi connectivity index (χ4v) is 4.27. The molecular weight excluding hydrogens is 384 g/mol. The Morgan fingerprint density at radius 1 is 1.17 bits per heavy atom. The SMILES string of the molecule is Cc1cc(-c2nc(Nc3ccc(-n4ccnc4)cc3)nc3[nH]ccc23)sc1CO. The third-order valence-electron chi connectivity index (χ3n) is 4.74. The Morgan fingerprint density at radius 2 is 2.03 bits per heavy atom. The minimum absolute atomic E-state index is 0.0340. The molecule has 8 heteroatoms. The predicted octanol–water partition coefficient (Wildman–Crippen LogP) is 4.42. The van der Waals surface area contributed by atoms with Crippen LogP contribution in [0.25, 0.3) is 27.3 Å². The standard InChI is InChI=1S/C21H18N6OS/c1-13-10-17(29-18(13)11-28)19-16-6-7-23-20(16)26-21(25-19)24-14-2-4-15(5-3-14)27-9-8-22-12-27/h2-10,12,28H,11H2,1H3,(H2,23,24,25,26). The van der Waals surface area contributed by atoms with Gasteiger partial charge in [0, 0.05) is 40.2 Å². The summed E-state index contributed by atoms with van der Waals surface area (Å²) < 4.78 is 1.95. The number of nitrogens with zero attached hydrogens (tertiary/aromatic N) is 4. The summed E-state index contributed by atoms with van der Waals surface area (Å²) in [5, 5.41) is 13.8. The van der Waals surface area contributed by atoms with Gasteiger partial charge in [-0.2, -0.15) is 4.98 Å². The maximum atomic E-state index is 9.55. The minimum Gasteiger partial charge on any atom is -0.391 e. The van der Waals surface area contributed by atoms with Crippen LogP contribution in [-0.4, -0.2) is 29.6 Å². The van der Waals surface area contributed by atoms with Crippen molar-refractivity contribution in [3.05, 3.63) is 71.8 Å². The van der Waals surface area contributed by atoms with Gasteiger partial charge in [-0.05, 0) is 48.9 Å². The largest absolute Gasteiger partial charge is 0.391 e. The van der Waals surface area contributed by atoms with Crippen LogP contribution in [0.15, 0.2) is 61.3 Å². The number of thiophene rings is 1. The van der Waals surface area contributed by atoms with Gasteiger partial charge in [-0.15, -0.1) is 11.3 Å². The van der Waals surface area contributed by atoms with E-state index in [9.17, 15) is 5.11 Å². The molecule has 0 atom stereocenters. The number of hydrogen-bond acceptors (Lipinski definition) is 6. The number of hydrogen-bond donors (Lipinski definition) is 3. The van der Waals surface area contributed by atoms with Gasteiger partial charge in [0.05, 0.1) is 23.5 Å². The molecule has 0 aliphatic rings. The highest BCUT2D eigenvalue weighted by atomic mass is 32.1. The summed E-state index contributed by atoms with van der Waals surface area (Å²) in [6, 6.07) is 12.0. The van der Waals surface area contributed by atoms with Crippen LogP contribution in [-0.2, 0) is 6.61 Å². The number of H-pyrrole nitrogens is 1. The fourth-order valence-electron chi connectivity index (χ4n) is 3.24. The van der Waals surface area contributed by atoms with E-state index < -0.39 is 0 Å². The lowest BCUT2D eigenvalue weighted by molar-refractivity contribution is 0.285. The van der Waals surface area contributed by atoms with Gasteiger partial charge in [0.2, 0.25) is 5.95 Å². The molecule has 0 unspecified atom stereocenters. The Bertz CT molecular complexity index is 1270. The van der Waals surface area contributed by atoms with Crippen molar-refractivity contribution in [2.75, 3.05) is 5.32 Å². The number of anilines is 2. The molecule has 29 heavy (non-hydrogen) atoms. The molecule has 0 bridgehead atoms. The summed E-state index contributed by atoms with van der Waals surface area (Å²) in [6.45, 7) is 2.04. The molecule has 0 saturated carbocycles. The smallest absolute Gasteiger partial charge is 0.229 e. The van der Waals surface area contributed by atoms with Crippen LogP contribution < -0.4 is 5.32 Å². The first-order valence-electron chi connectivity index (χ1n) is 9.12. The maximum Gasteiger partial charge on any atom is 0.229 e. The number of aromatic amines is 1. The van der Waals surface area contributed by atoms with Crippen molar-refractivity contribution < 1.29 is 5.11 Å². The van der Waals surface area contributed by atoms with E-state index in [0.717, 1.165) is 43.4 Å². The second-order valence-electron chi connectivity index (χ2n) is 6.65. The minimum atomic E-state index is 0.0340. The normalized spacial score (nSPS) is 11.2. The second-order valence-corrected chi connectivity index (χ2v) is 7.79. The highest BCUT2D eigenvalue weighted by Crippen LogP contribution is 2.35. The molecule has 4 aromatic heterocycles. The second kappa shape index (κ2) is 7.16. The van der Waals surface area contributed by atoms with Crippen molar-refractivity contribution in [2.24, 2.45) is 0 Å². The molecule has 0 radical (unpaired) electrons. The molecule has 0 saturated heterocycles. The van der Waals surface area contributed by atoms with Crippen molar-refractivity contribution in [1.29, 1.82) is 0 Å². The number of rotatable bonds is 5. The first-order chi connectivity index (χ1) is 14.2. The third kappa shape index (κ3) is 3.28. The molecule has 7 nitrogen and oxygen atoms in total. The summed E-state index contributed by atoms with van der Waals surface area (Å²) >= 11 is 1.56. The van der Waals surface area contributed by atoms with Crippen LogP contribution in [0.3, 0.4) is 0 Å². The Morgan fingerprint density at radius 3 is 2.76 bits per heavy atom. The molecule has 0 fully saturated rings. The number of aryl methyl sites for hydroxylation is 1. The summed E-state index contributed by atoms with van der Waals surface area (Å²) in [5.41, 5.74) is 4.61. The predicted molar refractivity (Wildman–Crippen MR) is 115 cm³/mol. The molecule has 3 N–H and O–H groups in total. The van der Waals surface area contributed by atoms with E-state index in [1.54, 1.807) is 23.9 Å². The zero-order chi connectivity index (χ0) is 19.8. The van der Waals surface area contributed by atoms with Crippen LogP contribution in [0.4, 0.5) is 11.6 Å². The number of aromatic nitrogens is 5. The average Bonchev–Trinajstić information content (AvgIpc) is 3.48. The van der Waals surface area contributed by atoms with Crippen LogP contribution in [0.5, 0.6) is 0 Å². The summed E-state index contributed by atoms with van der Waals surface area (Å²) in [4.78, 5) is 18.6. The van der Waals surface area contributed by atoms with Gasteiger partial charge < -0.3 is 20.0 Å². The lowest BCUT2D eigenvalue weighted by atomic mass is 10.2. The van der Waals surface area contributed by atoms with Gasteiger partial charge >= 0.3 is 0 Å². The zero-order valence-electron chi connectivity index (χ0n) is 15.6. The van der Waals surface area contributed by atoms with Crippen molar-refractivity contribution in [2.45, 2.75) is 13.5 Å². The van der Waals surface area contributed by atoms with Crippen molar-refractivity contribution in [3.8, 4) is 16.3 Å². The Hall–Kier alpha value is -3.49. The molecule has 5 aromatic rings. The van der Waals surface area contributed by atoms with Gasteiger partial charge in [-0.3, -0.25) is 0 Å². The first kappa shape index (κ1) is 17.6. The van der Waals surface area contributed by atoms with Gasteiger partial charge in [-0.1, -0.05) is 0 Å². The molecule has 5 rings (SSSR count). The van der Waals surface area contributed by atoms with Gasteiger partial charge in [0.25, 0.3) is 0 Å². The van der Waals surface area contributed by atoms with E-state index in [-0.39, 0.29) is 6.61 Å². The molecular formula is C21H18N6OS. The summed E-state index contributed by atoms with van der Waals surface area (Å²) in [6.07, 6.45) is 7.28. The number of nitrogens with one attached hydrogen (secondary N) is 2. The van der Waals surface area contributed by atoms with Gasteiger partial charge in [0.15, 0.2) is 0 Å². The van der Waals surface area contributed by atoms with Crippen LogP contribution in [0, 0.1) is 6.92 Å². The van der Waals surface area contributed by atoms with E-state index in [4.69, 9.17) is 4.98 Å². The van der Waals surface area contributed by atoms with Crippen LogP contribution in [0.2, 0.25) is 0 Å². The quantitative estimate of drug-likeness (QED) is 0.405. The number of benzene rings is 1. The summed E-state index contributed by atoms with van der Waals surface area (Å²) in [7, 11) is 0. The number of aliphatic hydroxyl groups excluding tert-OH is 1. The van der Waals surface area contributed by atoms with Crippen molar-refractivity contribution >= 4 is 34.0 Å². The number of imidazole rings is 1. The topological polar surface area (TPSA) is 91.7 Å². The lowest BCUT2D eigenvalue weighted by Gasteiger charge is -2.09. The fraction of sp³-hybridized carbons (Fsp3) is 0.0952. The molecule has 0 amide bonds. The molecule has 4 heterocycles. The molecule has 1 aromatic carbocycles. The molecule has 0 aliphatic heterocycles. The maximum absolute atomic E-state index is 9.55.